The number of hydrogen-bond donors (Lipinski definition) is 2. The van der Waals surface area contributed by atoms with Gasteiger partial charge in [-0.25, -0.2) is 13.1 Å². The van der Waals surface area contributed by atoms with Gasteiger partial charge in [0.1, 0.15) is 0 Å². The largest absolute Gasteiger partial charge is 0.351 e. The number of benzene rings is 1. The molecule has 5 nitrogen and oxygen atoms in total. The van der Waals surface area contributed by atoms with Crippen LogP contribution in [0.25, 0.3) is 0 Å². The summed E-state index contributed by atoms with van der Waals surface area (Å²) in [6.45, 7) is 0.0694. The summed E-state index contributed by atoms with van der Waals surface area (Å²) in [4.78, 5) is 11.8. The highest BCUT2D eigenvalue weighted by molar-refractivity contribution is 14.1. The van der Waals surface area contributed by atoms with Crippen molar-refractivity contribution in [2.24, 2.45) is 0 Å². The van der Waals surface area contributed by atoms with E-state index in [9.17, 15) is 13.2 Å². The van der Waals surface area contributed by atoms with Crippen molar-refractivity contribution in [1.82, 2.24) is 10.0 Å². The van der Waals surface area contributed by atoms with Gasteiger partial charge in [0.05, 0.1) is 11.3 Å². The third-order valence-corrected chi connectivity index (χ3v) is 4.87. The first-order valence-electron chi connectivity index (χ1n) is 5.00. The molecule has 100 valence electrons. The summed E-state index contributed by atoms with van der Waals surface area (Å²) >= 11 is 5.39. The van der Waals surface area contributed by atoms with Gasteiger partial charge in [-0.2, -0.15) is 0 Å². The molecule has 0 aliphatic rings. The summed E-state index contributed by atoms with van der Waals surface area (Å²) in [6, 6.07) is 5.38. The van der Waals surface area contributed by atoms with Crippen LogP contribution in [-0.4, -0.2) is 33.7 Å². The van der Waals surface area contributed by atoms with Crippen LogP contribution < -0.4 is 10.0 Å². The zero-order valence-electron chi connectivity index (χ0n) is 9.54. The minimum Gasteiger partial charge on any atom is -0.351 e. The van der Waals surface area contributed by atoms with Crippen LogP contribution in [0.5, 0.6) is 0 Å². The van der Waals surface area contributed by atoms with Gasteiger partial charge in [0.2, 0.25) is 10.0 Å². The molecule has 1 aromatic rings. The van der Waals surface area contributed by atoms with E-state index in [1.807, 2.05) is 6.07 Å². The second-order valence-corrected chi connectivity index (χ2v) is 7.55. The molecular weight excluding hydrogens is 435 g/mol. The first kappa shape index (κ1) is 15.9. The summed E-state index contributed by atoms with van der Waals surface area (Å²) in [7, 11) is -1.95. The average Bonchev–Trinajstić information content (AvgIpc) is 2.32. The van der Waals surface area contributed by atoms with Gasteiger partial charge in [0.15, 0.2) is 0 Å². The fourth-order valence-electron chi connectivity index (χ4n) is 1.17. The number of sulfonamides is 1. The molecule has 0 spiro atoms. The second kappa shape index (κ2) is 6.83. The van der Waals surface area contributed by atoms with Gasteiger partial charge in [-0.15, -0.1) is 0 Å². The second-order valence-electron chi connectivity index (χ2n) is 3.40. The van der Waals surface area contributed by atoms with Gasteiger partial charge in [0.25, 0.3) is 5.91 Å². The standard InChI is InChI=1S/C10H12BrIN2O3S/c1-13-18(16,17)5-4-14-10(15)8-6-7(12)2-3-9(8)11/h2-3,6,13H,4-5H2,1H3,(H,14,15). The molecule has 1 amide bonds. The first-order chi connectivity index (χ1) is 8.35. The van der Waals surface area contributed by atoms with E-state index in [4.69, 9.17) is 0 Å². The van der Waals surface area contributed by atoms with Crippen molar-refractivity contribution in [3.8, 4) is 0 Å². The zero-order valence-corrected chi connectivity index (χ0v) is 14.1. The van der Waals surface area contributed by atoms with Crippen LogP contribution in [-0.2, 0) is 10.0 Å². The molecule has 0 radical (unpaired) electrons. The van der Waals surface area contributed by atoms with Crippen LogP contribution in [0.1, 0.15) is 10.4 Å². The maximum Gasteiger partial charge on any atom is 0.252 e. The van der Waals surface area contributed by atoms with E-state index in [1.54, 1.807) is 12.1 Å². The van der Waals surface area contributed by atoms with Crippen LogP contribution in [0.3, 0.4) is 0 Å². The molecule has 0 atom stereocenters. The Hall–Kier alpha value is -0.190. The highest BCUT2D eigenvalue weighted by Crippen LogP contribution is 2.19. The maximum absolute atomic E-state index is 11.8. The van der Waals surface area contributed by atoms with Gasteiger partial charge in [-0.1, -0.05) is 0 Å². The lowest BCUT2D eigenvalue weighted by Crippen LogP contribution is -2.33. The number of rotatable bonds is 5. The summed E-state index contributed by atoms with van der Waals surface area (Å²) in [5.41, 5.74) is 0.490. The molecule has 0 heterocycles. The molecule has 0 saturated carbocycles. The van der Waals surface area contributed by atoms with E-state index >= 15 is 0 Å². The van der Waals surface area contributed by atoms with Crippen LogP contribution >= 0.6 is 38.5 Å². The highest BCUT2D eigenvalue weighted by Gasteiger charge is 2.12. The molecule has 18 heavy (non-hydrogen) atoms. The number of hydrogen-bond acceptors (Lipinski definition) is 3. The minimum absolute atomic E-state index is 0.0694. The maximum atomic E-state index is 11.8. The quantitative estimate of drug-likeness (QED) is 0.670. The van der Waals surface area contributed by atoms with Crippen LogP contribution in [0.2, 0.25) is 0 Å². The van der Waals surface area contributed by atoms with E-state index in [2.05, 4.69) is 48.6 Å². The predicted molar refractivity (Wildman–Crippen MR) is 82.0 cm³/mol. The van der Waals surface area contributed by atoms with Gasteiger partial charge < -0.3 is 5.32 Å². The fourth-order valence-corrected chi connectivity index (χ4v) is 2.66. The summed E-state index contributed by atoms with van der Waals surface area (Å²) in [6.07, 6.45) is 0. The topological polar surface area (TPSA) is 75.3 Å². The number of nitrogens with one attached hydrogen (secondary N) is 2. The van der Waals surface area contributed by atoms with Gasteiger partial charge in [0, 0.05) is 14.6 Å². The van der Waals surface area contributed by atoms with Crippen LogP contribution in [0.15, 0.2) is 22.7 Å². The lowest BCUT2D eigenvalue weighted by molar-refractivity contribution is 0.0955. The molecule has 0 unspecified atom stereocenters. The SMILES string of the molecule is CNS(=O)(=O)CCNC(=O)c1cc(I)ccc1Br. The van der Waals surface area contributed by atoms with Crippen molar-refractivity contribution in [3.05, 3.63) is 31.8 Å². The molecule has 0 aliphatic carbocycles. The van der Waals surface area contributed by atoms with Crippen molar-refractivity contribution < 1.29 is 13.2 Å². The lowest BCUT2D eigenvalue weighted by Gasteiger charge is -2.07. The molecule has 1 aromatic carbocycles. The number of amides is 1. The molecular formula is C10H12BrIN2O3S. The number of carbonyl (C=O) groups is 1. The first-order valence-corrected chi connectivity index (χ1v) is 8.52. The zero-order chi connectivity index (χ0) is 13.8. The number of halogens is 2. The Morgan fingerprint density at radius 2 is 2.11 bits per heavy atom. The molecule has 0 aromatic heterocycles. The Kier molecular flexibility index (Phi) is 6.02. The molecule has 0 bridgehead atoms. The van der Waals surface area contributed by atoms with Gasteiger partial charge in [-0.05, 0) is 63.8 Å². The van der Waals surface area contributed by atoms with E-state index in [0.29, 0.717) is 10.0 Å². The third kappa shape index (κ3) is 4.82. The predicted octanol–water partition coefficient (Wildman–Crippen LogP) is 1.33. The smallest absolute Gasteiger partial charge is 0.252 e. The Bertz CT molecular complexity index is 548. The van der Waals surface area contributed by atoms with Crippen molar-refractivity contribution in [2.45, 2.75) is 0 Å². The molecule has 2 N–H and O–H groups in total. The third-order valence-electron chi connectivity index (χ3n) is 2.14. The normalized spacial score (nSPS) is 11.3. The Labute approximate surface area is 128 Å². The molecule has 0 aliphatic heterocycles. The monoisotopic (exact) mass is 446 g/mol. The van der Waals surface area contributed by atoms with Crippen LogP contribution in [0, 0.1) is 3.57 Å². The molecule has 0 fully saturated rings. The Morgan fingerprint density at radius 3 is 2.72 bits per heavy atom. The molecule has 1 rings (SSSR count). The minimum atomic E-state index is -3.29. The Morgan fingerprint density at radius 1 is 1.44 bits per heavy atom. The van der Waals surface area contributed by atoms with Crippen LogP contribution in [0.4, 0.5) is 0 Å². The highest BCUT2D eigenvalue weighted by atomic mass is 127. The van der Waals surface area contributed by atoms with Crippen molar-refractivity contribution in [1.29, 1.82) is 0 Å². The average molecular weight is 447 g/mol. The van der Waals surface area contributed by atoms with E-state index in [1.165, 1.54) is 7.05 Å². The van der Waals surface area contributed by atoms with Crippen molar-refractivity contribution >= 4 is 54.5 Å². The van der Waals surface area contributed by atoms with E-state index < -0.39 is 10.0 Å². The Balaban J connectivity index is 2.64. The molecule has 8 heteroatoms. The van der Waals surface area contributed by atoms with E-state index in [0.717, 1.165) is 3.57 Å². The number of carbonyl (C=O) groups excluding carboxylic acids is 1. The van der Waals surface area contributed by atoms with Crippen molar-refractivity contribution in [3.63, 3.8) is 0 Å². The van der Waals surface area contributed by atoms with Gasteiger partial charge in [-0.3, -0.25) is 4.79 Å². The van der Waals surface area contributed by atoms with Crippen molar-refractivity contribution in [2.75, 3.05) is 19.3 Å². The summed E-state index contributed by atoms with van der Waals surface area (Å²) in [5.74, 6) is -0.441. The molecule has 0 saturated heterocycles. The summed E-state index contributed by atoms with van der Waals surface area (Å²) < 4.78 is 26.1. The lowest BCUT2D eigenvalue weighted by atomic mass is 10.2. The summed E-state index contributed by atoms with van der Waals surface area (Å²) in [5, 5.41) is 2.57. The fraction of sp³-hybridized carbons (Fsp3) is 0.300. The van der Waals surface area contributed by atoms with Gasteiger partial charge >= 0.3 is 0 Å². The van der Waals surface area contributed by atoms with E-state index in [-0.39, 0.29) is 18.2 Å².